The lowest BCUT2D eigenvalue weighted by Crippen LogP contribution is -1.93. The van der Waals surface area contributed by atoms with Crippen molar-refractivity contribution in [2.24, 2.45) is 0 Å². The van der Waals surface area contributed by atoms with Gasteiger partial charge in [-0.25, -0.2) is 9.07 Å². The second-order valence-electron chi connectivity index (χ2n) is 2.81. The third kappa shape index (κ3) is 1.54. The van der Waals surface area contributed by atoms with Crippen LogP contribution in [0.2, 0.25) is 0 Å². The molecule has 0 bridgehead atoms. The first-order valence-electron chi connectivity index (χ1n) is 4.05. The van der Waals surface area contributed by atoms with Crippen LogP contribution in [0.15, 0.2) is 36.7 Å². The molecule has 1 aromatic heterocycles. The summed E-state index contributed by atoms with van der Waals surface area (Å²) in [5, 5.41) is 3.95. The average molecular weight is 190 g/mol. The van der Waals surface area contributed by atoms with E-state index in [1.807, 2.05) is 0 Å². The molecule has 0 amide bonds. The number of rotatable bonds is 2. The molecular formula is C10H7FN2O. The lowest BCUT2D eigenvalue weighted by Gasteiger charge is -1.99. The van der Waals surface area contributed by atoms with Crippen LogP contribution in [0.4, 0.5) is 4.39 Å². The highest BCUT2D eigenvalue weighted by Crippen LogP contribution is 2.08. The normalized spacial score (nSPS) is 10.1. The van der Waals surface area contributed by atoms with Gasteiger partial charge in [0.1, 0.15) is 5.82 Å². The average Bonchev–Trinajstić information content (AvgIpc) is 2.67. The van der Waals surface area contributed by atoms with Crippen LogP contribution >= 0.6 is 0 Å². The van der Waals surface area contributed by atoms with Crippen molar-refractivity contribution in [3.05, 3.63) is 48.0 Å². The predicted octanol–water partition coefficient (Wildman–Crippen LogP) is 1.82. The standard InChI is InChI=1S/C10H7FN2O/c11-9-1-3-10(4-2-9)13-6-8(7-14)5-12-13/h1-7H. The van der Waals surface area contributed by atoms with E-state index in [4.69, 9.17) is 0 Å². The van der Waals surface area contributed by atoms with Gasteiger partial charge in [0, 0.05) is 6.20 Å². The summed E-state index contributed by atoms with van der Waals surface area (Å²) >= 11 is 0. The van der Waals surface area contributed by atoms with Crippen molar-refractivity contribution in [2.45, 2.75) is 0 Å². The Hall–Kier alpha value is -1.97. The van der Waals surface area contributed by atoms with Crippen LogP contribution in [0, 0.1) is 5.82 Å². The molecule has 0 atom stereocenters. The number of aromatic nitrogens is 2. The van der Waals surface area contributed by atoms with E-state index in [0.29, 0.717) is 11.8 Å². The van der Waals surface area contributed by atoms with Gasteiger partial charge in [0.15, 0.2) is 6.29 Å². The van der Waals surface area contributed by atoms with E-state index in [1.165, 1.54) is 23.0 Å². The zero-order chi connectivity index (χ0) is 9.97. The number of hydrogen-bond acceptors (Lipinski definition) is 2. The van der Waals surface area contributed by atoms with Gasteiger partial charge in [0.2, 0.25) is 0 Å². The van der Waals surface area contributed by atoms with Gasteiger partial charge in [0.05, 0.1) is 17.4 Å². The third-order valence-electron chi connectivity index (χ3n) is 1.83. The van der Waals surface area contributed by atoms with Crippen LogP contribution in [0.5, 0.6) is 0 Å². The Morgan fingerprint density at radius 3 is 2.57 bits per heavy atom. The van der Waals surface area contributed by atoms with Gasteiger partial charge in [0.25, 0.3) is 0 Å². The van der Waals surface area contributed by atoms with Crippen molar-refractivity contribution < 1.29 is 9.18 Å². The number of hydrogen-bond donors (Lipinski definition) is 0. The Labute approximate surface area is 79.8 Å². The fourth-order valence-electron chi connectivity index (χ4n) is 1.13. The molecule has 3 nitrogen and oxygen atoms in total. The molecule has 0 unspecified atom stereocenters. The Balaban J connectivity index is 2.39. The SMILES string of the molecule is O=Cc1cnn(-c2ccc(F)cc2)c1. The van der Waals surface area contributed by atoms with E-state index in [1.54, 1.807) is 18.3 Å². The molecular weight excluding hydrogens is 183 g/mol. The van der Waals surface area contributed by atoms with E-state index in [2.05, 4.69) is 5.10 Å². The molecule has 0 saturated heterocycles. The lowest BCUT2D eigenvalue weighted by molar-refractivity contribution is 0.112. The highest BCUT2D eigenvalue weighted by atomic mass is 19.1. The van der Waals surface area contributed by atoms with E-state index in [9.17, 15) is 9.18 Å². The zero-order valence-corrected chi connectivity index (χ0v) is 7.22. The summed E-state index contributed by atoms with van der Waals surface area (Å²) in [6.07, 6.45) is 3.75. The first-order chi connectivity index (χ1) is 6.79. The number of carbonyl (C=O) groups is 1. The maximum atomic E-state index is 12.6. The zero-order valence-electron chi connectivity index (χ0n) is 7.22. The van der Waals surface area contributed by atoms with Crippen LogP contribution in [0.1, 0.15) is 10.4 Å². The van der Waals surface area contributed by atoms with Crippen molar-refractivity contribution in [2.75, 3.05) is 0 Å². The second kappa shape index (κ2) is 3.41. The molecule has 2 aromatic rings. The minimum atomic E-state index is -0.295. The van der Waals surface area contributed by atoms with Crippen LogP contribution in [0.25, 0.3) is 5.69 Å². The Morgan fingerprint density at radius 1 is 1.29 bits per heavy atom. The van der Waals surface area contributed by atoms with E-state index in [-0.39, 0.29) is 5.82 Å². The molecule has 0 N–H and O–H groups in total. The molecule has 4 heteroatoms. The van der Waals surface area contributed by atoms with E-state index < -0.39 is 0 Å². The number of benzene rings is 1. The second-order valence-corrected chi connectivity index (χ2v) is 2.81. The molecule has 0 aliphatic rings. The van der Waals surface area contributed by atoms with Gasteiger partial charge in [-0.1, -0.05) is 0 Å². The van der Waals surface area contributed by atoms with Gasteiger partial charge in [-0.05, 0) is 24.3 Å². The fraction of sp³-hybridized carbons (Fsp3) is 0. The molecule has 0 aliphatic heterocycles. The van der Waals surface area contributed by atoms with Gasteiger partial charge in [-0.2, -0.15) is 5.10 Å². The molecule has 0 spiro atoms. The topological polar surface area (TPSA) is 34.9 Å². The Bertz CT molecular complexity index is 447. The maximum Gasteiger partial charge on any atom is 0.153 e. The molecule has 0 aliphatic carbocycles. The van der Waals surface area contributed by atoms with Crippen molar-refractivity contribution in [1.29, 1.82) is 0 Å². The summed E-state index contributed by atoms with van der Waals surface area (Å²) in [6, 6.07) is 5.88. The monoisotopic (exact) mass is 190 g/mol. The summed E-state index contributed by atoms with van der Waals surface area (Å²) in [4.78, 5) is 10.4. The van der Waals surface area contributed by atoms with Crippen molar-refractivity contribution in [3.63, 3.8) is 0 Å². The summed E-state index contributed by atoms with van der Waals surface area (Å²) in [7, 11) is 0. The minimum Gasteiger partial charge on any atom is -0.298 e. The van der Waals surface area contributed by atoms with E-state index in [0.717, 1.165) is 5.69 Å². The summed E-state index contributed by atoms with van der Waals surface area (Å²) in [5.41, 5.74) is 1.22. The first kappa shape index (κ1) is 8.62. The quantitative estimate of drug-likeness (QED) is 0.677. The van der Waals surface area contributed by atoms with Crippen molar-refractivity contribution >= 4 is 6.29 Å². The Kier molecular flexibility index (Phi) is 2.10. The lowest BCUT2D eigenvalue weighted by atomic mass is 10.3. The molecule has 0 radical (unpaired) electrons. The number of halogens is 1. The maximum absolute atomic E-state index is 12.6. The highest BCUT2D eigenvalue weighted by molar-refractivity contribution is 5.73. The number of carbonyl (C=O) groups excluding carboxylic acids is 1. The number of aldehydes is 1. The smallest absolute Gasteiger partial charge is 0.153 e. The molecule has 1 aromatic carbocycles. The Morgan fingerprint density at radius 2 is 2.00 bits per heavy atom. The van der Waals surface area contributed by atoms with E-state index >= 15 is 0 Å². The molecule has 0 saturated carbocycles. The summed E-state index contributed by atoms with van der Waals surface area (Å²) in [6.45, 7) is 0. The molecule has 70 valence electrons. The summed E-state index contributed by atoms with van der Waals surface area (Å²) in [5.74, 6) is -0.295. The van der Waals surface area contributed by atoms with Crippen LogP contribution < -0.4 is 0 Å². The van der Waals surface area contributed by atoms with Crippen LogP contribution in [-0.4, -0.2) is 16.1 Å². The summed E-state index contributed by atoms with van der Waals surface area (Å²) < 4.78 is 14.1. The van der Waals surface area contributed by atoms with Crippen molar-refractivity contribution in [1.82, 2.24) is 9.78 Å². The molecule has 1 heterocycles. The highest BCUT2D eigenvalue weighted by Gasteiger charge is 1.99. The first-order valence-corrected chi connectivity index (χ1v) is 4.05. The van der Waals surface area contributed by atoms with Gasteiger partial charge < -0.3 is 0 Å². The van der Waals surface area contributed by atoms with Crippen LogP contribution in [0.3, 0.4) is 0 Å². The van der Waals surface area contributed by atoms with Crippen molar-refractivity contribution in [3.8, 4) is 5.69 Å². The molecule has 2 rings (SSSR count). The molecule has 14 heavy (non-hydrogen) atoms. The predicted molar refractivity (Wildman–Crippen MR) is 48.9 cm³/mol. The fourth-order valence-corrected chi connectivity index (χ4v) is 1.13. The van der Waals surface area contributed by atoms with Gasteiger partial charge >= 0.3 is 0 Å². The third-order valence-corrected chi connectivity index (χ3v) is 1.83. The number of nitrogens with zero attached hydrogens (tertiary/aromatic N) is 2. The van der Waals surface area contributed by atoms with Gasteiger partial charge in [-0.15, -0.1) is 0 Å². The van der Waals surface area contributed by atoms with Crippen LogP contribution in [-0.2, 0) is 0 Å². The molecule has 0 fully saturated rings. The van der Waals surface area contributed by atoms with Gasteiger partial charge in [-0.3, -0.25) is 4.79 Å². The minimum absolute atomic E-state index is 0.295. The largest absolute Gasteiger partial charge is 0.298 e.